The highest BCUT2D eigenvalue weighted by molar-refractivity contribution is 5.51. The maximum Gasteiger partial charge on any atom is 0.188 e. The fraction of sp³-hybridized carbons (Fsp3) is 0.632. The lowest BCUT2D eigenvalue weighted by Gasteiger charge is -2.30. The molecule has 0 aliphatic carbocycles. The third-order valence-electron chi connectivity index (χ3n) is 3.55. The number of benzene rings is 1. The van der Waals surface area contributed by atoms with Gasteiger partial charge < -0.3 is 9.47 Å². The predicted octanol–water partition coefficient (Wildman–Crippen LogP) is 5.03. The van der Waals surface area contributed by atoms with Gasteiger partial charge in [0.25, 0.3) is 0 Å². The molecule has 0 amide bonds. The Morgan fingerprint density at radius 3 is 1.76 bits per heavy atom. The standard InChI is InChI=1S/C19H31O2/c1-9-10-14-11-15(18(2,3)4)17(21-13-20-8)16(12-14)19(5,6)7/h11-12H,1,9-10,13H2,2-8H3. The van der Waals surface area contributed by atoms with E-state index < -0.39 is 0 Å². The molecule has 1 aromatic rings. The lowest BCUT2D eigenvalue weighted by molar-refractivity contribution is 0.0484. The van der Waals surface area contributed by atoms with Crippen LogP contribution in [0.5, 0.6) is 5.75 Å². The van der Waals surface area contributed by atoms with Gasteiger partial charge in [0.15, 0.2) is 6.79 Å². The zero-order valence-electron chi connectivity index (χ0n) is 14.8. The zero-order chi connectivity index (χ0) is 16.3. The summed E-state index contributed by atoms with van der Waals surface area (Å²) < 4.78 is 11.1. The van der Waals surface area contributed by atoms with Crippen LogP contribution in [0.3, 0.4) is 0 Å². The molecule has 0 saturated carbocycles. The molecule has 0 N–H and O–H groups in total. The van der Waals surface area contributed by atoms with Crippen molar-refractivity contribution in [3.63, 3.8) is 0 Å². The molecule has 0 aliphatic rings. The first kappa shape index (κ1) is 18.0. The molecule has 0 fully saturated rings. The second-order valence-corrected chi connectivity index (χ2v) is 7.67. The molecular formula is C19H31O2. The van der Waals surface area contributed by atoms with Gasteiger partial charge in [0.1, 0.15) is 5.75 Å². The van der Waals surface area contributed by atoms with Crippen LogP contribution < -0.4 is 4.74 Å². The Morgan fingerprint density at radius 2 is 1.43 bits per heavy atom. The van der Waals surface area contributed by atoms with E-state index in [2.05, 4.69) is 60.6 Å². The van der Waals surface area contributed by atoms with Gasteiger partial charge in [-0.3, -0.25) is 0 Å². The van der Waals surface area contributed by atoms with Crippen molar-refractivity contribution in [3.8, 4) is 5.75 Å². The minimum absolute atomic E-state index is 0.0280. The van der Waals surface area contributed by atoms with E-state index >= 15 is 0 Å². The lowest BCUT2D eigenvalue weighted by atomic mass is 9.78. The minimum Gasteiger partial charge on any atom is -0.467 e. The van der Waals surface area contributed by atoms with E-state index in [0.29, 0.717) is 0 Å². The Labute approximate surface area is 130 Å². The largest absolute Gasteiger partial charge is 0.467 e. The summed E-state index contributed by atoms with van der Waals surface area (Å²) in [6, 6.07) is 4.54. The molecular weight excluding hydrogens is 260 g/mol. The smallest absolute Gasteiger partial charge is 0.188 e. The summed E-state index contributed by atoms with van der Waals surface area (Å²) in [7, 11) is 1.66. The molecule has 0 spiro atoms. The highest BCUT2D eigenvalue weighted by atomic mass is 16.7. The molecule has 0 aliphatic heterocycles. The molecule has 1 radical (unpaired) electrons. The SMILES string of the molecule is [CH2]CCc1cc(C(C)(C)C)c(OCOC)c(C(C)(C)C)c1. The minimum atomic E-state index is 0.0280. The van der Waals surface area contributed by atoms with Gasteiger partial charge in [0.2, 0.25) is 0 Å². The Hall–Kier alpha value is -1.02. The van der Waals surface area contributed by atoms with Crippen molar-refractivity contribution in [1.29, 1.82) is 0 Å². The monoisotopic (exact) mass is 291 g/mol. The van der Waals surface area contributed by atoms with Gasteiger partial charge >= 0.3 is 0 Å². The van der Waals surface area contributed by atoms with Crippen LogP contribution in [0.2, 0.25) is 0 Å². The Morgan fingerprint density at radius 1 is 0.952 bits per heavy atom. The molecule has 2 nitrogen and oxygen atoms in total. The van der Waals surface area contributed by atoms with Gasteiger partial charge in [0.05, 0.1) is 0 Å². The highest BCUT2D eigenvalue weighted by Gasteiger charge is 2.27. The number of aryl methyl sites for hydroxylation is 1. The molecule has 1 rings (SSSR count). The third-order valence-corrected chi connectivity index (χ3v) is 3.55. The second kappa shape index (κ2) is 6.83. The summed E-state index contributed by atoms with van der Waals surface area (Å²) in [5, 5.41) is 0. The van der Waals surface area contributed by atoms with Gasteiger partial charge in [-0.2, -0.15) is 0 Å². The molecule has 1 aromatic carbocycles. The lowest BCUT2D eigenvalue weighted by Crippen LogP contribution is -2.21. The van der Waals surface area contributed by atoms with E-state index in [9.17, 15) is 0 Å². The second-order valence-electron chi connectivity index (χ2n) is 7.67. The molecule has 0 atom stereocenters. The fourth-order valence-electron chi connectivity index (χ4n) is 2.42. The van der Waals surface area contributed by atoms with Crippen LogP contribution >= 0.6 is 0 Å². The molecule has 0 unspecified atom stereocenters. The first-order valence-corrected chi connectivity index (χ1v) is 7.70. The van der Waals surface area contributed by atoms with E-state index in [-0.39, 0.29) is 17.6 Å². The van der Waals surface area contributed by atoms with E-state index in [1.165, 1.54) is 16.7 Å². The third kappa shape index (κ3) is 4.74. The van der Waals surface area contributed by atoms with Crippen LogP contribution in [0.25, 0.3) is 0 Å². The van der Waals surface area contributed by atoms with Gasteiger partial charge in [0, 0.05) is 18.2 Å². The molecule has 0 saturated heterocycles. The van der Waals surface area contributed by atoms with Crippen molar-refractivity contribution in [1.82, 2.24) is 0 Å². The summed E-state index contributed by atoms with van der Waals surface area (Å²) in [6.45, 7) is 17.6. The number of hydrogen-bond acceptors (Lipinski definition) is 2. The summed E-state index contributed by atoms with van der Waals surface area (Å²) in [4.78, 5) is 0. The maximum atomic E-state index is 5.97. The first-order chi connectivity index (χ1) is 9.61. The predicted molar refractivity (Wildman–Crippen MR) is 90.0 cm³/mol. The number of ether oxygens (including phenoxy) is 2. The zero-order valence-corrected chi connectivity index (χ0v) is 14.8. The molecule has 2 heteroatoms. The normalized spacial score (nSPS) is 12.6. The molecule has 21 heavy (non-hydrogen) atoms. The van der Waals surface area contributed by atoms with Crippen LogP contribution in [0.4, 0.5) is 0 Å². The van der Waals surface area contributed by atoms with Gasteiger partial charge in [-0.25, -0.2) is 0 Å². The van der Waals surface area contributed by atoms with Crippen molar-refractivity contribution in [3.05, 3.63) is 35.7 Å². The molecule has 119 valence electrons. The number of rotatable bonds is 5. The van der Waals surface area contributed by atoms with Gasteiger partial charge in [-0.15, -0.1) is 0 Å². The first-order valence-electron chi connectivity index (χ1n) is 7.70. The van der Waals surface area contributed by atoms with Crippen molar-refractivity contribution >= 4 is 0 Å². The van der Waals surface area contributed by atoms with E-state index in [1.54, 1.807) is 7.11 Å². The fourth-order valence-corrected chi connectivity index (χ4v) is 2.42. The van der Waals surface area contributed by atoms with Crippen LogP contribution in [0.15, 0.2) is 12.1 Å². The number of methoxy groups -OCH3 is 1. The van der Waals surface area contributed by atoms with Gasteiger partial charge in [-0.1, -0.05) is 60.6 Å². The summed E-state index contributed by atoms with van der Waals surface area (Å²) >= 11 is 0. The number of hydrogen-bond donors (Lipinski definition) is 0. The van der Waals surface area contributed by atoms with Crippen molar-refractivity contribution in [2.75, 3.05) is 13.9 Å². The topological polar surface area (TPSA) is 18.5 Å². The van der Waals surface area contributed by atoms with Gasteiger partial charge in [-0.05, 0) is 29.2 Å². The quantitative estimate of drug-likeness (QED) is 0.708. The van der Waals surface area contributed by atoms with E-state index in [0.717, 1.165) is 18.6 Å². The summed E-state index contributed by atoms with van der Waals surface area (Å²) in [5.74, 6) is 0.977. The van der Waals surface area contributed by atoms with Crippen LogP contribution in [0.1, 0.15) is 64.7 Å². The molecule has 0 bridgehead atoms. The van der Waals surface area contributed by atoms with Crippen LogP contribution in [-0.2, 0) is 22.0 Å². The average molecular weight is 291 g/mol. The highest BCUT2D eigenvalue weighted by Crippen LogP contribution is 2.40. The van der Waals surface area contributed by atoms with Crippen molar-refractivity contribution in [2.24, 2.45) is 0 Å². The maximum absolute atomic E-state index is 5.97. The van der Waals surface area contributed by atoms with E-state index in [4.69, 9.17) is 9.47 Å². The Balaban J connectivity index is 3.53. The van der Waals surface area contributed by atoms with Crippen LogP contribution in [0, 0.1) is 6.92 Å². The Kier molecular flexibility index (Phi) is 5.86. The summed E-state index contributed by atoms with van der Waals surface area (Å²) in [5.41, 5.74) is 3.89. The Bertz CT molecular complexity index is 426. The van der Waals surface area contributed by atoms with E-state index in [1.807, 2.05) is 0 Å². The van der Waals surface area contributed by atoms with Crippen molar-refractivity contribution in [2.45, 2.75) is 65.2 Å². The summed E-state index contributed by atoms with van der Waals surface area (Å²) in [6.07, 6.45) is 1.90. The van der Waals surface area contributed by atoms with Crippen LogP contribution in [-0.4, -0.2) is 13.9 Å². The average Bonchev–Trinajstić information content (AvgIpc) is 2.34. The molecule has 0 heterocycles. The molecule has 0 aromatic heterocycles. The van der Waals surface area contributed by atoms with Crippen molar-refractivity contribution < 1.29 is 9.47 Å².